The van der Waals surface area contributed by atoms with E-state index in [-0.39, 0.29) is 21.1 Å². The second-order valence-corrected chi connectivity index (χ2v) is 6.79. The van der Waals surface area contributed by atoms with Crippen molar-refractivity contribution in [2.75, 3.05) is 17.6 Å². The van der Waals surface area contributed by atoms with Crippen LogP contribution in [0.1, 0.15) is 15.2 Å². The van der Waals surface area contributed by atoms with Gasteiger partial charge in [0.1, 0.15) is 9.77 Å². The molecule has 0 amide bonds. The van der Waals surface area contributed by atoms with Crippen LogP contribution in [0.5, 0.6) is 0 Å². The second-order valence-electron chi connectivity index (χ2n) is 4.26. The Morgan fingerprint density at radius 3 is 2.62 bits per heavy atom. The summed E-state index contributed by atoms with van der Waals surface area (Å²) in [6.45, 7) is 1.70. The third-order valence-electron chi connectivity index (χ3n) is 2.79. The number of ether oxygens (including phenoxy) is 1. The first-order valence-electron chi connectivity index (χ1n) is 5.90. The SMILES string of the molecule is COC(=O)c1scc(C)c1NS(=O)(=O)c1ccccc1N. The predicted octanol–water partition coefficient (Wildman–Crippen LogP) is 2.23. The Labute approximate surface area is 126 Å². The van der Waals surface area contributed by atoms with E-state index in [1.165, 1.54) is 19.2 Å². The van der Waals surface area contributed by atoms with Crippen LogP contribution in [0.3, 0.4) is 0 Å². The van der Waals surface area contributed by atoms with E-state index in [4.69, 9.17) is 5.73 Å². The van der Waals surface area contributed by atoms with Gasteiger partial charge in [-0.15, -0.1) is 11.3 Å². The average molecular weight is 326 g/mol. The molecule has 0 atom stereocenters. The summed E-state index contributed by atoms with van der Waals surface area (Å²) in [6, 6.07) is 6.12. The van der Waals surface area contributed by atoms with E-state index in [2.05, 4.69) is 9.46 Å². The number of anilines is 2. The van der Waals surface area contributed by atoms with Crippen LogP contribution >= 0.6 is 11.3 Å². The smallest absolute Gasteiger partial charge is 0.350 e. The number of carbonyl (C=O) groups is 1. The number of para-hydroxylation sites is 1. The van der Waals surface area contributed by atoms with E-state index in [0.29, 0.717) is 5.56 Å². The molecule has 0 spiro atoms. The number of carbonyl (C=O) groups excluding carboxylic acids is 1. The summed E-state index contributed by atoms with van der Waals surface area (Å²) in [5.41, 5.74) is 6.68. The normalized spacial score (nSPS) is 11.1. The molecule has 0 saturated heterocycles. The van der Waals surface area contributed by atoms with Crippen LogP contribution in [0, 0.1) is 6.92 Å². The molecule has 6 nitrogen and oxygen atoms in total. The summed E-state index contributed by atoms with van der Waals surface area (Å²) in [7, 11) is -2.64. The molecular formula is C13H14N2O4S2. The average Bonchev–Trinajstić information content (AvgIpc) is 2.79. The van der Waals surface area contributed by atoms with Gasteiger partial charge in [0.05, 0.1) is 18.5 Å². The minimum atomic E-state index is -3.88. The van der Waals surface area contributed by atoms with E-state index in [0.717, 1.165) is 11.3 Å². The number of aryl methyl sites for hydroxylation is 1. The summed E-state index contributed by atoms with van der Waals surface area (Å²) in [5, 5.41) is 1.68. The molecule has 0 aliphatic rings. The number of nitrogens with one attached hydrogen (secondary N) is 1. The zero-order valence-corrected chi connectivity index (χ0v) is 13.0. The van der Waals surface area contributed by atoms with Crippen LogP contribution < -0.4 is 10.5 Å². The molecule has 0 radical (unpaired) electrons. The molecule has 21 heavy (non-hydrogen) atoms. The lowest BCUT2D eigenvalue weighted by atomic mass is 10.3. The molecule has 112 valence electrons. The van der Waals surface area contributed by atoms with Gasteiger partial charge in [-0.3, -0.25) is 4.72 Å². The molecule has 0 saturated carbocycles. The largest absolute Gasteiger partial charge is 0.465 e. The molecule has 2 rings (SSSR count). The van der Waals surface area contributed by atoms with Gasteiger partial charge in [-0.1, -0.05) is 12.1 Å². The molecule has 1 aromatic carbocycles. The van der Waals surface area contributed by atoms with Crippen LogP contribution in [0.15, 0.2) is 34.5 Å². The third-order valence-corrected chi connectivity index (χ3v) is 5.29. The predicted molar refractivity (Wildman–Crippen MR) is 82.1 cm³/mol. The highest BCUT2D eigenvalue weighted by atomic mass is 32.2. The number of hydrogen-bond donors (Lipinski definition) is 2. The zero-order valence-electron chi connectivity index (χ0n) is 11.4. The molecule has 0 fully saturated rings. The lowest BCUT2D eigenvalue weighted by Gasteiger charge is -2.11. The maximum absolute atomic E-state index is 12.4. The van der Waals surface area contributed by atoms with Gasteiger partial charge < -0.3 is 10.5 Å². The molecule has 2 aromatic rings. The molecule has 8 heteroatoms. The van der Waals surface area contributed by atoms with Crippen molar-refractivity contribution in [1.29, 1.82) is 0 Å². The molecule has 3 N–H and O–H groups in total. The lowest BCUT2D eigenvalue weighted by molar-refractivity contribution is 0.0607. The van der Waals surface area contributed by atoms with Crippen molar-refractivity contribution in [2.24, 2.45) is 0 Å². The van der Waals surface area contributed by atoms with Crippen molar-refractivity contribution in [3.05, 3.63) is 40.1 Å². The van der Waals surface area contributed by atoms with Crippen molar-refractivity contribution in [2.45, 2.75) is 11.8 Å². The Hall–Kier alpha value is -2.06. The Morgan fingerprint density at radius 2 is 2.00 bits per heavy atom. The second kappa shape index (κ2) is 5.74. The molecule has 1 aromatic heterocycles. The number of hydrogen-bond acceptors (Lipinski definition) is 6. The molecule has 0 aliphatic heterocycles. The maximum Gasteiger partial charge on any atom is 0.350 e. The molecule has 0 unspecified atom stereocenters. The number of rotatable bonds is 4. The van der Waals surface area contributed by atoms with Gasteiger partial charge in [0, 0.05) is 0 Å². The van der Waals surface area contributed by atoms with Gasteiger partial charge in [-0.25, -0.2) is 13.2 Å². The zero-order chi connectivity index (χ0) is 15.6. The summed E-state index contributed by atoms with van der Waals surface area (Å²) >= 11 is 1.12. The Balaban J connectivity index is 2.45. The molecule has 0 aliphatic carbocycles. The third kappa shape index (κ3) is 3.01. The number of methoxy groups -OCH3 is 1. The van der Waals surface area contributed by atoms with E-state index in [9.17, 15) is 13.2 Å². The fourth-order valence-electron chi connectivity index (χ4n) is 1.73. The lowest BCUT2D eigenvalue weighted by Crippen LogP contribution is -2.16. The number of sulfonamides is 1. The monoisotopic (exact) mass is 326 g/mol. The molecular weight excluding hydrogens is 312 g/mol. The standard InChI is InChI=1S/C13H14N2O4S2/c1-8-7-20-12(13(16)19-2)11(8)15-21(17,18)10-6-4-3-5-9(10)14/h3-7,15H,14H2,1-2H3. The minimum Gasteiger partial charge on any atom is -0.465 e. The summed E-state index contributed by atoms with van der Waals surface area (Å²) in [5.74, 6) is -0.591. The number of thiophene rings is 1. The first-order chi connectivity index (χ1) is 9.86. The van der Waals surface area contributed by atoms with E-state index >= 15 is 0 Å². The van der Waals surface area contributed by atoms with Crippen molar-refractivity contribution >= 4 is 38.7 Å². The highest BCUT2D eigenvalue weighted by Gasteiger charge is 2.23. The summed E-state index contributed by atoms with van der Waals surface area (Å²) < 4.78 is 31.8. The van der Waals surface area contributed by atoms with Crippen LogP contribution in [0.2, 0.25) is 0 Å². The van der Waals surface area contributed by atoms with Crippen molar-refractivity contribution in [1.82, 2.24) is 0 Å². The fraction of sp³-hybridized carbons (Fsp3) is 0.154. The Bertz CT molecular complexity index is 781. The summed E-state index contributed by atoms with van der Waals surface area (Å²) in [6.07, 6.45) is 0. The topological polar surface area (TPSA) is 98.5 Å². The van der Waals surface area contributed by atoms with Gasteiger partial charge in [0.2, 0.25) is 0 Å². The highest BCUT2D eigenvalue weighted by Crippen LogP contribution is 2.31. The van der Waals surface area contributed by atoms with E-state index in [1.807, 2.05) is 0 Å². The minimum absolute atomic E-state index is 0.0357. The van der Waals surface area contributed by atoms with Crippen LogP contribution in [-0.4, -0.2) is 21.5 Å². The maximum atomic E-state index is 12.4. The van der Waals surface area contributed by atoms with E-state index < -0.39 is 16.0 Å². The van der Waals surface area contributed by atoms with E-state index in [1.54, 1.807) is 24.4 Å². The van der Waals surface area contributed by atoms with Gasteiger partial charge in [-0.2, -0.15) is 0 Å². The Morgan fingerprint density at radius 1 is 1.33 bits per heavy atom. The first kappa shape index (κ1) is 15.3. The van der Waals surface area contributed by atoms with Crippen LogP contribution in [0.4, 0.5) is 11.4 Å². The van der Waals surface area contributed by atoms with Crippen molar-refractivity contribution in [3.63, 3.8) is 0 Å². The first-order valence-corrected chi connectivity index (χ1v) is 8.27. The molecule has 1 heterocycles. The number of nitrogen functional groups attached to an aromatic ring is 1. The van der Waals surface area contributed by atoms with Crippen molar-refractivity contribution in [3.8, 4) is 0 Å². The number of nitrogens with two attached hydrogens (primary N) is 1. The number of esters is 1. The van der Waals surface area contributed by atoms with Gasteiger partial charge in [0.15, 0.2) is 0 Å². The van der Waals surface area contributed by atoms with Crippen LogP contribution in [-0.2, 0) is 14.8 Å². The quantitative estimate of drug-likeness (QED) is 0.663. The van der Waals surface area contributed by atoms with Gasteiger partial charge >= 0.3 is 5.97 Å². The fourth-order valence-corrected chi connectivity index (χ4v) is 3.99. The van der Waals surface area contributed by atoms with Gasteiger partial charge in [0.25, 0.3) is 10.0 Å². The van der Waals surface area contributed by atoms with Crippen molar-refractivity contribution < 1.29 is 17.9 Å². The molecule has 0 bridgehead atoms. The van der Waals surface area contributed by atoms with Gasteiger partial charge in [-0.05, 0) is 30.0 Å². The summed E-state index contributed by atoms with van der Waals surface area (Å²) in [4.78, 5) is 11.8. The highest BCUT2D eigenvalue weighted by molar-refractivity contribution is 7.93. The van der Waals surface area contributed by atoms with Crippen LogP contribution in [0.25, 0.3) is 0 Å². The number of benzene rings is 1. The Kier molecular flexibility index (Phi) is 4.19.